The second-order valence-electron chi connectivity index (χ2n) is 4.80. The van der Waals surface area contributed by atoms with Gasteiger partial charge in [-0.25, -0.2) is 0 Å². The number of hydrogen-bond donors (Lipinski definition) is 1. The van der Waals surface area contributed by atoms with Gasteiger partial charge in [0.05, 0.1) is 18.6 Å². The monoisotopic (exact) mass is 360 g/mol. The summed E-state index contributed by atoms with van der Waals surface area (Å²) < 4.78 is 49.1. The van der Waals surface area contributed by atoms with E-state index in [0.29, 0.717) is 5.56 Å². The number of carboxylic acids is 1. The van der Waals surface area contributed by atoms with Gasteiger partial charge in [-0.05, 0) is 35.9 Å². The first-order valence-electron chi connectivity index (χ1n) is 6.64. The van der Waals surface area contributed by atoms with Crippen LogP contribution in [0.15, 0.2) is 36.4 Å². The summed E-state index contributed by atoms with van der Waals surface area (Å²) in [7, 11) is 1.14. The number of aliphatic carboxylic acids is 1. The van der Waals surface area contributed by atoms with Crippen LogP contribution < -0.4 is 9.47 Å². The Labute approximate surface area is 140 Å². The molecule has 0 saturated carbocycles. The molecule has 2 rings (SSSR count). The van der Waals surface area contributed by atoms with Crippen molar-refractivity contribution in [3.63, 3.8) is 0 Å². The van der Waals surface area contributed by atoms with E-state index < -0.39 is 17.7 Å². The van der Waals surface area contributed by atoms with Gasteiger partial charge in [-0.2, -0.15) is 13.2 Å². The Hall–Kier alpha value is -2.41. The maximum absolute atomic E-state index is 13.0. The van der Waals surface area contributed by atoms with Crippen LogP contribution >= 0.6 is 11.6 Å². The van der Waals surface area contributed by atoms with Crippen molar-refractivity contribution in [3.05, 3.63) is 52.5 Å². The first kappa shape index (κ1) is 17.9. The van der Waals surface area contributed by atoms with Gasteiger partial charge in [-0.15, -0.1) is 0 Å². The van der Waals surface area contributed by atoms with Crippen molar-refractivity contribution in [1.82, 2.24) is 0 Å². The fraction of sp³-hybridized carbons (Fsp3) is 0.188. The summed E-state index contributed by atoms with van der Waals surface area (Å²) in [6, 6.07) is 7.51. The summed E-state index contributed by atoms with van der Waals surface area (Å²) in [5.41, 5.74) is -0.577. The second kappa shape index (κ2) is 7.00. The smallest absolute Gasteiger partial charge is 0.420 e. The average molecular weight is 361 g/mol. The van der Waals surface area contributed by atoms with Gasteiger partial charge in [0.25, 0.3) is 0 Å². The lowest BCUT2D eigenvalue weighted by molar-refractivity contribution is -0.139. The van der Waals surface area contributed by atoms with Crippen LogP contribution in [-0.4, -0.2) is 18.2 Å². The normalized spacial score (nSPS) is 11.2. The van der Waals surface area contributed by atoms with Crippen molar-refractivity contribution >= 4 is 17.6 Å². The molecule has 0 fully saturated rings. The van der Waals surface area contributed by atoms with Gasteiger partial charge in [-0.1, -0.05) is 17.7 Å². The minimum Gasteiger partial charge on any atom is -0.496 e. The van der Waals surface area contributed by atoms with E-state index in [4.69, 9.17) is 26.2 Å². The number of hydrogen-bond acceptors (Lipinski definition) is 3. The largest absolute Gasteiger partial charge is 0.496 e. The molecule has 2 aromatic carbocycles. The van der Waals surface area contributed by atoms with E-state index in [1.807, 2.05) is 0 Å². The molecule has 0 aliphatic heterocycles. The summed E-state index contributed by atoms with van der Waals surface area (Å²) in [6.07, 6.45) is -4.87. The maximum atomic E-state index is 13.0. The molecule has 0 heterocycles. The fourth-order valence-corrected chi connectivity index (χ4v) is 2.17. The molecule has 24 heavy (non-hydrogen) atoms. The van der Waals surface area contributed by atoms with Crippen LogP contribution in [-0.2, 0) is 17.4 Å². The number of ether oxygens (including phenoxy) is 2. The van der Waals surface area contributed by atoms with Gasteiger partial charge in [0.15, 0.2) is 0 Å². The van der Waals surface area contributed by atoms with Crippen molar-refractivity contribution in [2.45, 2.75) is 12.6 Å². The lowest BCUT2D eigenvalue weighted by Gasteiger charge is -2.14. The minimum absolute atomic E-state index is 0.0636. The van der Waals surface area contributed by atoms with E-state index in [1.165, 1.54) is 24.3 Å². The predicted octanol–water partition coefficient (Wildman–Crippen LogP) is 4.79. The molecule has 0 saturated heterocycles. The Morgan fingerprint density at radius 2 is 1.88 bits per heavy atom. The van der Waals surface area contributed by atoms with Gasteiger partial charge in [-0.3, -0.25) is 4.79 Å². The van der Waals surface area contributed by atoms with E-state index in [0.717, 1.165) is 19.2 Å². The zero-order valence-corrected chi connectivity index (χ0v) is 13.1. The number of carbonyl (C=O) groups is 1. The zero-order valence-electron chi connectivity index (χ0n) is 12.4. The Bertz CT molecular complexity index is 759. The van der Waals surface area contributed by atoms with Crippen molar-refractivity contribution in [2.24, 2.45) is 0 Å². The second-order valence-corrected chi connectivity index (χ2v) is 5.20. The number of benzene rings is 2. The molecule has 0 radical (unpaired) electrons. The van der Waals surface area contributed by atoms with E-state index in [-0.39, 0.29) is 28.7 Å². The van der Waals surface area contributed by atoms with Gasteiger partial charge in [0.1, 0.15) is 22.8 Å². The molecule has 1 N–H and O–H groups in total. The Balaban J connectivity index is 2.36. The predicted molar refractivity (Wildman–Crippen MR) is 80.9 cm³/mol. The summed E-state index contributed by atoms with van der Waals surface area (Å²) in [4.78, 5) is 10.7. The minimum atomic E-state index is -4.61. The van der Waals surface area contributed by atoms with Crippen LogP contribution in [0.4, 0.5) is 13.2 Å². The van der Waals surface area contributed by atoms with Crippen LogP contribution in [0.25, 0.3) is 0 Å². The lowest BCUT2D eigenvalue weighted by Crippen LogP contribution is -2.07. The first-order chi connectivity index (χ1) is 11.2. The van der Waals surface area contributed by atoms with Crippen LogP contribution in [0.5, 0.6) is 17.2 Å². The standard InChI is InChI=1S/C16H12ClF3O4/c1-23-13-5-3-10(8-11(13)16(18,19)20)24-14-6-9(7-15(21)22)2-4-12(14)17/h2-6,8H,7H2,1H3,(H,21,22). The molecule has 0 spiro atoms. The third-order valence-electron chi connectivity index (χ3n) is 3.06. The number of alkyl halides is 3. The van der Waals surface area contributed by atoms with E-state index >= 15 is 0 Å². The quantitative estimate of drug-likeness (QED) is 0.833. The molecule has 0 unspecified atom stereocenters. The number of carboxylic acid groups (broad SMARTS) is 1. The Kier molecular flexibility index (Phi) is 5.23. The van der Waals surface area contributed by atoms with E-state index in [9.17, 15) is 18.0 Å². The van der Waals surface area contributed by atoms with Crippen molar-refractivity contribution < 1.29 is 32.5 Å². The van der Waals surface area contributed by atoms with Gasteiger partial charge in [0.2, 0.25) is 0 Å². The highest BCUT2D eigenvalue weighted by molar-refractivity contribution is 6.32. The molecule has 0 atom stereocenters. The highest BCUT2D eigenvalue weighted by atomic mass is 35.5. The third-order valence-corrected chi connectivity index (χ3v) is 3.37. The number of rotatable bonds is 5. The molecule has 2 aromatic rings. The number of methoxy groups -OCH3 is 1. The molecule has 8 heteroatoms. The Morgan fingerprint density at radius 1 is 1.17 bits per heavy atom. The molecule has 128 valence electrons. The van der Waals surface area contributed by atoms with Crippen LogP contribution in [0.2, 0.25) is 5.02 Å². The molecule has 0 aliphatic carbocycles. The number of halogens is 4. The molecule has 0 bridgehead atoms. The third kappa shape index (κ3) is 4.32. The summed E-state index contributed by atoms with van der Waals surface area (Å²) in [5.74, 6) is -1.42. The van der Waals surface area contributed by atoms with Crippen molar-refractivity contribution in [3.8, 4) is 17.2 Å². The lowest BCUT2D eigenvalue weighted by atomic mass is 10.1. The van der Waals surface area contributed by atoms with Crippen LogP contribution in [0, 0.1) is 0 Å². The summed E-state index contributed by atoms with van der Waals surface area (Å²) in [5, 5.41) is 8.93. The summed E-state index contributed by atoms with van der Waals surface area (Å²) in [6.45, 7) is 0. The highest BCUT2D eigenvalue weighted by Crippen LogP contribution is 2.40. The van der Waals surface area contributed by atoms with Crippen LogP contribution in [0.3, 0.4) is 0 Å². The molecular weight excluding hydrogens is 349 g/mol. The molecule has 0 aromatic heterocycles. The van der Waals surface area contributed by atoms with E-state index in [2.05, 4.69) is 0 Å². The summed E-state index contributed by atoms with van der Waals surface area (Å²) >= 11 is 5.95. The highest BCUT2D eigenvalue weighted by Gasteiger charge is 2.34. The van der Waals surface area contributed by atoms with Gasteiger partial charge < -0.3 is 14.6 Å². The van der Waals surface area contributed by atoms with Crippen molar-refractivity contribution in [1.29, 1.82) is 0 Å². The topological polar surface area (TPSA) is 55.8 Å². The Morgan fingerprint density at radius 3 is 2.46 bits per heavy atom. The zero-order chi connectivity index (χ0) is 17.9. The first-order valence-corrected chi connectivity index (χ1v) is 7.02. The van der Waals surface area contributed by atoms with E-state index in [1.54, 1.807) is 0 Å². The SMILES string of the molecule is COc1ccc(Oc2cc(CC(=O)O)ccc2Cl)cc1C(F)(F)F. The van der Waals surface area contributed by atoms with Gasteiger partial charge in [0, 0.05) is 0 Å². The van der Waals surface area contributed by atoms with Crippen LogP contribution in [0.1, 0.15) is 11.1 Å². The molecule has 0 amide bonds. The maximum Gasteiger partial charge on any atom is 0.420 e. The molecule has 0 aliphatic rings. The van der Waals surface area contributed by atoms with Crippen molar-refractivity contribution in [2.75, 3.05) is 7.11 Å². The molecular formula is C16H12ClF3O4. The molecule has 4 nitrogen and oxygen atoms in total. The van der Waals surface area contributed by atoms with Gasteiger partial charge >= 0.3 is 12.1 Å². The fourth-order valence-electron chi connectivity index (χ4n) is 2.01. The average Bonchev–Trinajstić information content (AvgIpc) is 2.49.